The molecule has 0 aromatic heterocycles. The standard InChI is InChI=1S/C10H10BrN3O3/c1-13-7(5-12)6-17-10-4-8(14(15)16)2-3-9(10)11/h2-4,7,13H,6H2,1H3. The lowest BCUT2D eigenvalue weighted by Gasteiger charge is -2.11. The molecule has 17 heavy (non-hydrogen) atoms. The lowest BCUT2D eigenvalue weighted by atomic mass is 10.3. The van der Waals surface area contributed by atoms with E-state index in [1.165, 1.54) is 18.2 Å². The number of ether oxygens (including phenoxy) is 1. The molecule has 1 atom stereocenters. The number of rotatable bonds is 5. The van der Waals surface area contributed by atoms with E-state index in [1.807, 2.05) is 6.07 Å². The molecule has 0 radical (unpaired) electrons. The minimum atomic E-state index is -0.501. The van der Waals surface area contributed by atoms with E-state index in [9.17, 15) is 10.1 Å². The summed E-state index contributed by atoms with van der Waals surface area (Å²) in [6.45, 7) is 0.118. The van der Waals surface area contributed by atoms with Gasteiger partial charge in [0.2, 0.25) is 0 Å². The molecule has 0 amide bonds. The molecule has 0 saturated heterocycles. The van der Waals surface area contributed by atoms with Crippen molar-refractivity contribution in [3.8, 4) is 11.8 Å². The molecule has 0 aliphatic carbocycles. The Balaban J connectivity index is 2.80. The number of halogens is 1. The Kier molecular flexibility index (Phi) is 4.87. The molecule has 90 valence electrons. The van der Waals surface area contributed by atoms with E-state index in [-0.39, 0.29) is 12.3 Å². The molecule has 0 bridgehead atoms. The van der Waals surface area contributed by atoms with Gasteiger partial charge in [-0.15, -0.1) is 0 Å². The predicted molar refractivity (Wildman–Crippen MR) is 64.8 cm³/mol. The van der Waals surface area contributed by atoms with E-state index >= 15 is 0 Å². The number of hydrogen-bond acceptors (Lipinski definition) is 5. The van der Waals surface area contributed by atoms with Crippen LogP contribution in [0.4, 0.5) is 5.69 Å². The molecular weight excluding hydrogens is 290 g/mol. The van der Waals surface area contributed by atoms with Gasteiger partial charge in [-0.3, -0.25) is 10.1 Å². The molecule has 0 fully saturated rings. The molecule has 0 heterocycles. The maximum atomic E-state index is 10.6. The van der Waals surface area contributed by atoms with Crippen LogP contribution >= 0.6 is 15.9 Å². The van der Waals surface area contributed by atoms with Gasteiger partial charge in [-0.05, 0) is 29.0 Å². The second kappa shape index (κ2) is 6.18. The van der Waals surface area contributed by atoms with Crippen LogP contribution < -0.4 is 10.1 Å². The smallest absolute Gasteiger partial charge is 0.273 e. The Morgan fingerprint density at radius 1 is 1.71 bits per heavy atom. The third kappa shape index (κ3) is 3.69. The number of nitrogens with zero attached hydrogens (tertiary/aromatic N) is 2. The SMILES string of the molecule is CNC(C#N)COc1cc([N+](=O)[O-])ccc1Br. The summed E-state index contributed by atoms with van der Waals surface area (Å²) in [5.74, 6) is 0.342. The van der Waals surface area contributed by atoms with E-state index in [0.29, 0.717) is 10.2 Å². The fourth-order valence-electron chi connectivity index (χ4n) is 1.07. The first kappa shape index (κ1) is 13.4. The Hall–Kier alpha value is -1.65. The van der Waals surface area contributed by atoms with Gasteiger partial charge in [0.25, 0.3) is 5.69 Å². The first-order chi connectivity index (χ1) is 8.08. The average molecular weight is 300 g/mol. The van der Waals surface area contributed by atoms with Crippen molar-refractivity contribution in [2.24, 2.45) is 0 Å². The summed E-state index contributed by atoms with van der Waals surface area (Å²) >= 11 is 3.22. The fourth-order valence-corrected chi connectivity index (χ4v) is 1.44. The van der Waals surface area contributed by atoms with Gasteiger partial charge in [0, 0.05) is 6.07 Å². The third-order valence-electron chi connectivity index (χ3n) is 2.04. The molecule has 0 spiro atoms. The summed E-state index contributed by atoms with van der Waals surface area (Å²) in [4.78, 5) is 10.1. The summed E-state index contributed by atoms with van der Waals surface area (Å²) in [5, 5.41) is 22.0. The minimum absolute atomic E-state index is 0.0545. The van der Waals surface area contributed by atoms with Crippen LogP contribution in [-0.4, -0.2) is 24.6 Å². The zero-order chi connectivity index (χ0) is 12.8. The van der Waals surface area contributed by atoms with Gasteiger partial charge in [0.05, 0.1) is 21.5 Å². The van der Waals surface area contributed by atoms with Gasteiger partial charge in [0.15, 0.2) is 0 Å². The molecule has 0 aliphatic rings. The fraction of sp³-hybridized carbons (Fsp3) is 0.300. The number of nitro groups is 1. The van der Waals surface area contributed by atoms with Gasteiger partial charge >= 0.3 is 0 Å². The average Bonchev–Trinajstić information content (AvgIpc) is 2.32. The molecule has 1 aromatic carbocycles. The molecule has 0 saturated carbocycles. The van der Waals surface area contributed by atoms with Crippen LogP contribution in [0.3, 0.4) is 0 Å². The van der Waals surface area contributed by atoms with Crippen molar-refractivity contribution in [1.29, 1.82) is 5.26 Å². The highest BCUT2D eigenvalue weighted by molar-refractivity contribution is 9.10. The Bertz CT molecular complexity index is 459. The largest absolute Gasteiger partial charge is 0.489 e. The van der Waals surface area contributed by atoms with Crippen molar-refractivity contribution < 1.29 is 9.66 Å². The Morgan fingerprint density at radius 2 is 2.41 bits per heavy atom. The number of benzene rings is 1. The minimum Gasteiger partial charge on any atom is -0.489 e. The van der Waals surface area contributed by atoms with Crippen LogP contribution in [-0.2, 0) is 0 Å². The van der Waals surface area contributed by atoms with E-state index in [2.05, 4.69) is 21.2 Å². The second-order valence-corrected chi connectivity index (χ2v) is 4.01. The molecule has 7 heteroatoms. The van der Waals surface area contributed by atoms with E-state index in [1.54, 1.807) is 7.05 Å². The lowest BCUT2D eigenvalue weighted by molar-refractivity contribution is -0.385. The molecule has 1 aromatic rings. The van der Waals surface area contributed by atoms with Crippen LogP contribution in [0, 0.1) is 21.4 Å². The highest BCUT2D eigenvalue weighted by Crippen LogP contribution is 2.29. The van der Waals surface area contributed by atoms with Crippen LogP contribution in [0.25, 0.3) is 0 Å². The second-order valence-electron chi connectivity index (χ2n) is 3.15. The van der Waals surface area contributed by atoms with Gasteiger partial charge in [-0.1, -0.05) is 0 Å². The first-order valence-corrected chi connectivity index (χ1v) is 5.51. The normalized spacial score (nSPS) is 11.6. The topological polar surface area (TPSA) is 88.2 Å². The monoisotopic (exact) mass is 299 g/mol. The number of nitro benzene ring substituents is 1. The summed E-state index contributed by atoms with van der Waals surface area (Å²) in [6, 6.07) is 5.76. The Morgan fingerprint density at radius 3 is 2.94 bits per heavy atom. The number of nitriles is 1. The molecule has 6 nitrogen and oxygen atoms in total. The van der Waals surface area contributed by atoms with Gasteiger partial charge in [-0.25, -0.2) is 0 Å². The van der Waals surface area contributed by atoms with Crippen LogP contribution in [0.15, 0.2) is 22.7 Å². The van der Waals surface area contributed by atoms with E-state index < -0.39 is 11.0 Å². The maximum Gasteiger partial charge on any atom is 0.273 e. The maximum absolute atomic E-state index is 10.6. The number of likely N-dealkylation sites (N-methyl/N-ethyl adjacent to an activating group) is 1. The van der Waals surface area contributed by atoms with Crippen molar-refractivity contribution in [1.82, 2.24) is 5.32 Å². The van der Waals surface area contributed by atoms with Crippen molar-refractivity contribution >= 4 is 21.6 Å². The third-order valence-corrected chi connectivity index (χ3v) is 2.69. The molecule has 1 unspecified atom stereocenters. The van der Waals surface area contributed by atoms with Gasteiger partial charge in [-0.2, -0.15) is 5.26 Å². The van der Waals surface area contributed by atoms with E-state index in [0.717, 1.165) is 0 Å². The van der Waals surface area contributed by atoms with Gasteiger partial charge < -0.3 is 10.1 Å². The molecule has 0 aliphatic heterocycles. The quantitative estimate of drug-likeness (QED) is 0.662. The summed E-state index contributed by atoms with van der Waals surface area (Å²) in [7, 11) is 1.64. The predicted octanol–water partition coefficient (Wildman–Crippen LogP) is 1.85. The summed E-state index contributed by atoms with van der Waals surface area (Å²) in [5.41, 5.74) is -0.0545. The molecule has 1 rings (SSSR count). The summed E-state index contributed by atoms with van der Waals surface area (Å²) in [6.07, 6.45) is 0. The van der Waals surface area contributed by atoms with Crippen LogP contribution in [0.5, 0.6) is 5.75 Å². The number of nitrogens with one attached hydrogen (secondary N) is 1. The van der Waals surface area contributed by atoms with Crippen molar-refractivity contribution in [2.45, 2.75) is 6.04 Å². The van der Waals surface area contributed by atoms with Crippen molar-refractivity contribution in [3.63, 3.8) is 0 Å². The zero-order valence-corrected chi connectivity index (χ0v) is 10.6. The van der Waals surface area contributed by atoms with Crippen LogP contribution in [0.2, 0.25) is 0 Å². The highest BCUT2D eigenvalue weighted by Gasteiger charge is 2.12. The lowest BCUT2D eigenvalue weighted by Crippen LogP contribution is -2.29. The molecule has 1 N–H and O–H groups in total. The first-order valence-electron chi connectivity index (χ1n) is 4.72. The van der Waals surface area contributed by atoms with Crippen molar-refractivity contribution in [3.05, 3.63) is 32.8 Å². The number of non-ortho nitro benzene ring substituents is 1. The van der Waals surface area contributed by atoms with Gasteiger partial charge in [0.1, 0.15) is 18.4 Å². The Labute approximate surface area is 106 Å². The summed E-state index contributed by atoms with van der Waals surface area (Å²) < 4.78 is 5.94. The number of hydrogen-bond donors (Lipinski definition) is 1. The molecular formula is C10H10BrN3O3. The van der Waals surface area contributed by atoms with Crippen molar-refractivity contribution in [2.75, 3.05) is 13.7 Å². The van der Waals surface area contributed by atoms with Crippen LogP contribution in [0.1, 0.15) is 0 Å². The highest BCUT2D eigenvalue weighted by atomic mass is 79.9. The zero-order valence-electron chi connectivity index (χ0n) is 9.01. The van der Waals surface area contributed by atoms with E-state index in [4.69, 9.17) is 10.00 Å².